The van der Waals surface area contributed by atoms with Crippen LogP contribution in [0.25, 0.3) is 0 Å². The van der Waals surface area contributed by atoms with Gasteiger partial charge in [-0.15, -0.1) is 0 Å². The lowest BCUT2D eigenvalue weighted by molar-refractivity contribution is -0.142. The zero-order valence-electron chi connectivity index (χ0n) is 11.0. The molecule has 110 valence electrons. The number of halogens is 1. The summed E-state index contributed by atoms with van der Waals surface area (Å²) in [6.07, 6.45) is 5.81. The van der Waals surface area contributed by atoms with Gasteiger partial charge in [0.1, 0.15) is 16.9 Å². The molecule has 0 aliphatic rings. The number of aromatic nitrogens is 4. The van der Waals surface area contributed by atoms with Gasteiger partial charge in [-0.05, 0) is 0 Å². The molecule has 0 aliphatic carbocycles. The number of amides is 1. The molecule has 2 heterocycles. The Kier molecular flexibility index (Phi) is 4.83. The number of nitrogens with zero attached hydrogens (tertiary/aromatic N) is 3. The van der Waals surface area contributed by atoms with Crippen molar-refractivity contribution < 1.29 is 14.3 Å². The van der Waals surface area contributed by atoms with Crippen molar-refractivity contribution in [3.05, 3.63) is 41.5 Å². The Morgan fingerprint density at radius 3 is 2.81 bits per heavy atom. The van der Waals surface area contributed by atoms with Crippen LogP contribution in [0.4, 0.5) is 0 Å². The minimum Gasteiger partial charge on any atom is -0.467 e. The highest BCUT2D eigenvalue weighted by Crippen LogP contribution is 2.05. The van der Waals surface area contributed by atoms with Crippen molar-refractivity contribution in [2.75, 3.05) is 7.11 Å². The highest BCUT2D eigenvalue weighted by atomic mass is 35.5. The number of imidazole rings is 1. The van der Waals surface area contributed by atoms with E-state index >= 15 is 0 Å². The molecule has 2 aromatic heterocycles. The van der Waals surface area contributed by atoms with Gasteiger partial charge in [-0.1, -0.05) is 11.6 Å². The zero-order chi connectivity index (χ0) is 15.2. The molecule has 1 atom stereocenters. The van der Waals surface area contributed by atoms with Gasteiger partial charge in [0.15, 0.2) is 0 Å². The number of esters is 1. The minimum absolute atomic E-state index is 0.0148. The molecular formula is C12H12ClN5O3. The Labute approximate surface area is 124 Å². The van der Waals surface area contributed by atoms with Crippen molar-refractivity contribution >= 4 is 23.5 Å². The summed E-state index contributed by atoms with van der Waals surface area (Å²) in [5.41, 5.74) is 0.698. The first-order chi connectivity index (χ1) is 10.1. The number of methoxy groups -OCH3 is 1. The largest absolute Gasteiger partial charge is 0.467 e. The summed E-state index contributed by atoms with van der Waals surface area (Å²) < 4.78 is 4.67. The summed E-state index contributed by atoms with van der Waals surface area (Å²) in [6.45, 7) is 0. The Balaban J connectivity index is 2.11. The molecule has 9 heteroatoms. The van der Waals surface area contributed by atoms with Crippen LogP contribution in [-0.4, -0.2) is 45.0 Å². The zero-order valence-corrected chi connectivity index (χ0v) is 11.8. The van der Waals surface area contributed by atoms with E-state index < -0.39 is 17.9 Å². The number of hydrogen-bond acceptors (Lipinski definition) is 6. The summed E-state index contributed by atoms with van der Waals surface area (Å²) in [6, 6.07) is -0.872. The van der Waals surface area contributed by atoms with Gasteiger partial charge >= 0.3 is 5.97 Å². The number of carbonyl (C=O) groups excluding carboxylic acids is 2. The highest BCUT2D eigenvalue weighted by molar-refractivity contribution is 6.29. The lowest BCUT2D eigenvalue weighted by Crippen LogP contribution is -2.43. The summed E-state index contributed by atoms with van der Waals surface area (Å²) in [5, 5.41) is 2.62. The second kappa shape index (κ2) is 6.80. The van der Waals surface area contributed by atoms with Crippen LogP contribution < -0.4 is 5.32 Å². The predicted octanol–water partition coefficient (Wildman–Crippen LogP) is 0.367. The molecule has 1 amide bonds. The van der Waals surface area contributed by atoms with Crippen molar-refractivity contribution in [1.82, 2.24) is 25.3 Å². The first-order valence-corrected chi connectivity index (χ1v) is 6.31. The maximum atomic E-state index is 12.1. The molecule has 0 spiro atoms. The molecule has 2 N–H and O–H groups in total. The third-order valence-electron chi connectivity index (χ3n) is 2.61. The fourth-order valence-corrected chi connectivity index (χ4v) is 1.78. The van der Waals surface area contributed by atoms with Crippen molar-refractivity contribution in [3.8, 4) is 0 Å². The second-order valence-corrected chi connectivity index (χ2v) is 4.44. The topological polar surface area (TPSA) is 110 Å². The third-order valence-corrected chi connectivity index (χ3v) is 2.79. The molecule has 0 bridgehead atoms. The monoisotopic (exact) mass is 309 g/mol. The molecule has 2 aromatic rings. The first-order valence-electron chi connectivity index (χ1n) is 5.93. The van der Waals surface area contributed by atoms with Gasteiger partial charge in [-0.25, -0.2) is 14.8 Å². The molecule has 2 rings (SSSR count). The molecule has 0 radical (unpaired) electrons. The van der Waals surface area contributed by atoms with E-state index in [0.29, 0.717) is 5.69 Å². The summed E-state index contributed by atoms with van der Waals surface area (Å²) in [5.74, 6) is -1.15. The van der Waals surface area contributed by atoms with Gasteiger partial charge in [0, 0.05) is 18.3 Å². The Hall–Kier alpha value is -2.48. The molecule has 0 fully saturated rings. The average molecular weight is 310 g/mol. The number of carbonyl (C=O) groups is 2. The molecular weight excluding hydrogens is 298 g/mol. The molecule has 21 heavy (non-hydrogen) atoms. The smallest absolute Gasteiger partial charge is 0.328 e. The van der Waals surface area contributed by atoms with Crippen LogP contribution >= 0.6 is 11.6 Å². The number of hydrogen-bond donors (Lipinski definition) is 2. The summed E-state index contributed by atoms with van der Waals surface area (Å²) >= 11 is 5.67. The van der Waals surface area contributed by atoms with E-state index in [2.05, 4.69) is 30.0 Å². The number of rotatable bonds is 5. The van der Waals surface area contributed by atoms with Crippen LogP contribution in [0.3, 0.4) is 0 Å². The summed E-state index contributed by atoms with van der Waals surface area (Å²) in [4.78, 5) is 38.1. The Morgan fingerprint density at radius 2 is 2.19 bits per heavy atom. The van der Waals surface area contributed by atoms with Crippen LogP contribution in [0.1, 0.15) is 16.2 Å². The van der Waals surface area contributed by atoms with E-state index in [0.717, 1.165) is 0 Å². The maximum absolute atomic E-state index is 12.1. The minimum atomic E-state index is -0.872. The SMILES string of the molecule is COC(=O)[C@H](Cc1cnc[nH]1)NC(=O)c1cncc(Cl)n1. The second-order valence-electron chi connectivity index (χ2n) is 4.06. The maximum Gasteiger partial charge on any atom is 0.328 e. The fourth-order valence-electron chi connectivity index (χ4n) is 1.64. The van der Waals surface area contributed by atoms with Crippen molar-refractivity contribution in [2.24, 2.45) is 0 Å². The van der Waals surface area contributed by atoms with Crippen molar-refractivity contribution in [3.63, 3.8) is 0 Å². The molecule has 0 unspecified atom stereocenters. The average Bonchev–Trinajstić information content (AvgIpc) is 2.98. The standard InChI is InChI=1S/C12H12ClN5O3/c1-21-12(20)8(2-7-3-15-6-16-7)18-11(19)9-4-14-5-10(13)17-9/h3-6,8H,2H2,1H3,(H,15,16)(H,18,19)/t8-/m0/s1. The molecule has 0 aromatic carbocycles. The lowest BCUT2D eigenvalue weighted by Gasteiger charge is -2.15. The van der Waals surface area contributed by atoms with Gasteiger partial charge in [0.25, 0.3) is 5.91 Å². The quantitative estimate of drug-likeness (QED) is 0.772. The van der Waals surface area contributed by atoms with E-state index in [4.69, 9.17) is 11.6 Å². The van der Waals surface area contributed by atoms with Gasteiger partial charge in [-0.3, -0.25) is 9.78 Å². The first kappa shape index (κ1) is 14.9. The number of nitrogens with one attached hydrogen (secondary N) is 2. The van der Waals surface area contributed by atoms with Crippen molar-refractivity contribution in [2.45, 2.75) is 12.5 Å². The van der Waals surface area contributed by atoms with Crippen LogP contribution in [-0.2, 0) is 16.0 Å². The van der Waals surface area contributed by atoms with Gasteiger partial charge in [0.05, 0.1) is 25.8 Å². The van der Waals surface area contributed by atoms with E-state index in [-0.39, 0.29) is 17.3 Å². The highest BCUT2D eigenvalue weighted by Gasteiger charge is 2.23. The van der Waals surface area contributed by atoms with Crippen LogP contribution in [0, 0.1) is 0 Å². The van der Waals surface area contributed by atoms with Gasteiger partial charge in [0.2, 0.25) is 0 Å². The number of H-pyrrole nitrogens is 1. The van der Waals surface area contributed by atoms with Crippen LogP contribution in [0.5, 0.6) is 0 Å². The van der Waals surface area contributed by atoms with E-state index in [1.165, 1.54) is 25.8 Å². The number of ether oxygens (including phenoxy) is 1. The normalized spacial score (nSPS) is 11.7. The fraction of sp³-hybridized carbons (Fsp3) is 0.250. The van der Waals surface area contributed by atoms with E-state index in [9.17, 15) is 9.59 Å². The molecule has 0 aliphatic heterocycles. The lowest BCUT2D eigenvalue weighted by atomic mass is 10.1. The Bertz CT molecular complexity index is 632. The summed E-state index contributed by atoms with van der Waals surface area (Å²) in [7, 11) is 1.24. The third kappa shape index (κ3) is 3.99. The van der Waals surface area contributed by atoms with Gasteiger partial charge < -0.3 is 15.0 Å². The van der Waals surface area contributed by atoms with E-state index in [1.807, 2.05) is 0 Å². The van der Waals surface area contributed by atoms with E-state index in [1.54, 1.807) is 6.20 Å². The predicted molar refractivity (Wildman–Crippen MR) is 72.6 cm³/mol. The molecule has 0 saturated heterocycles. The van der Waals surface area contributed by atoms with Crippen molar-refractivity contribution in [1.29, 1.82) is 0 Å². The van der Waals surface area contributed by atoms with Crippen LogP contribution in [0.15, 0.2) is 24.9 Å². The molecule has 8 nitrogen and oxygen atoms in total. The van der Waals surface area contributed by atoms with Gasteiger partial charge in [-0.2, -0.15) is 0 Å². The molecule has 0 saturated carbocycles. The number of aromatic amines is 1. The van der Waals surface area contributed by atoms with Crippen LogP contribution in [0.2, 0.25) is 5.15 Å². The Morgan fingerprint density at radius 1 is 1.38 bits per heavy atom.